The van der Waals surface area contributed by atoms with Crippen LogP contribution in [0.1, 0.15) is 58.9 Å². The third-order valence-corrected chi connectivity index (χ3v) is 7.63. The van der Waals surface area contributed by atoms with E-state index >= 15 is 0 Å². The van der Waals surface area contributed by atoms with E-state index in [1.54, 1.807) is 9.80 Å². The first-order chi connectivity index (χ1) is 17.7. The summed E-state index contributed by atoms with van der Waals surface area (Å²) in [5.41, 5.74) is 4.09. The molecule has 10 nitrogen and oxygen atoms in total. The number of amides is 5. The Kier molecular flexibility index (Phi) is 8.36. The van der Waals surface area contributed by atoms with Crippen molar-refractivity contribution in [2.75, 3.05) is 13.1 Å². The molecule has 3 aliphatic rings. The maximum absolute atomic E-state index is 13.8. The Hall–Kier alpha value is -3.14. The zero-order valence-corrected chi connectivity index (χ0v) is 22.3. The summed E-state index contributed by atoms with van der Waals surface area (Å²) in [6.07, 6.45) is 1.65. The Morgan fingerprint density at radius 1 is 1.11 bits per heavy atom. The first-order valence-electron chi connectivity index (χ1n) is 13.5. The van der Waals surface area contributed by atoms with Gasteiger partial charge < -0.3 is 15.5 Å². The Bertz CT molecular complexity index is 1000. The molecule has 3 fully saturated rings. The molecule has 0 bridgehead atoms. The molecule has 4 rings (SSSR count). The van der Waals surface area contributed by atoms with Crippen molar-refractivity contribution >= 4 is 23.8 Å². The fourth-order valence-corrected chi connectivity index (χ4v) is 5.43. The van der Waals surface area contributed by atoms with Crippen LogP contribution in [0.15, 0.2) is 30.3 Å². The van der Waals surface area contributed by atoms with Gasteiger partial charge in [0, 0.05) is 31.1 Å². The molecular weight excluding hydrogens is 472 g/mol. The highest BCUT2D eigenvalue weighted by Crippen LogP contribution is 2.40. The molecule has 5 atom stereocenters. The number of hydrogen-bond donors (Lipinski definition) is 3. The van der Waals surface area contributed by atoms with Crippen LogP contribution in [0.5, 0.6) is 0 Å². The number of nitrogens with one attached hydrogen (secondary N) is 3. The zero-order chi connectivity index (χ0) is 26.7. The molecule has 37 heavy (non-hydrogen) atoms. The lowest BCUT2D eigenvalue weighted by atomic mass is 9.75. The molecule has 2 saturated heterocycles. The number of nitrogens with zero attached hydrogens (tertiary/aromatic N) is 3. The fourth-order valence-electron chi connectivity index (χ4n) is 5.43. The summed E-state index contributed by atoms with van der Waals surface area (Å²) in [5.74, 6) is -0.609. The van der Waals surface area contributed by atoms with E-state index in [0.717, 1.165) is 12.0 Å². The summed E-state index contributed by atoms with van der Waals surface area (Å²) in [6.45, 7) is 8.77. The highest BCUT2D eigenvalue weighted by atomic mass is 16.2. The van der Waals surface area contributed by atoms with Crippen LogP contribution in [-0.4, -0.2) is 70.0 Å². The molecule has 0 radical (unpaired) electrons. The Morgan fingerprint density at radius 2 is 1.84 bits per heavy atom. The van der Waals surface area contributed by atoms with Crippen molar-refractivity contribution in [1.29, 1.82) is 0 Å². The predicted molar refractivity (Wildman–Crippen MR) is 138 cm³/mol. The molecule has 2 aliphatic heterocycles. The number of benzene rings is 1. The van der Waals surface area contributed by atoms with E-state index in [0.29, 0.717) is 38.3 Å². The summed E-state index contributed by atoms with van der Waals surface area (Å²) >= 11 is 0. The number of fused-ring (bicyclic) bond motifs is 3. The van der Waals surface area contributed by atoms with Crippen molar-refractivity contribution in [1.82, 2.24) is 30.9 Å². The monoisotopic (exact) mass is 512 g/mol. The van der Waals surface area contributed by atoms with E-state index in [1.807, 2.05) is 58.0 Å². The average molecular weight is 513 g/mol. The van der Waals surface area contributed by atoms with E-state index in [2.05, 4.69) is 16.1 Å². The minimum Gasteiger partial charge on any atom is -0.356 e. The van der Waals surface area contributed by atoms with Crippen molar-refractivity contribution in [3.05, 3.63) is 35.9 Å². The van der Waals surface area contributed by atoms with Crippen LogP contribution in [0.25, 0.3) is 0 Å². The molecule has 1 saturated carbocycles. The smallest absolute Gasteiger partial charge is 0.337 e. The molecule has 2 heterocycles. The fraction of sp³-hybridized carbons (Fsp3) is 0.630. The van der Waals surface area contributed by atoms with Gasteiger partial charge in [0.1, 0.15) is 6.54 Å². The highest BCUT2D eigenvalue weighted by molar-refractivity contribution is 5.89. The largest absolute Gasteiger partial charge is 0.356 e. The minimum absolute atomic E-state index is 0.00298. The van der Waals surface area contributed by atoms with Crippen molar-refractivity contribution in [2.24, 2.45) is 17.8 Å². The van der Waals surface area contributed by atoms with Crippen LogP contribution in [0.3, 0.4) is 0 Å². The molecule has 202 valence electrons. The number of hydrogen-bond acceptors (Lipinski definition) is 5. The Labute approximate surface area is 219 Å². The van der Waals surface area contributed by atoms with Gasteiger partial charge >= 0.3 is 6.03 Å². The maximum Gasteiger partial charge on any atom is 0.337 e. The molecule has 1 aromatic rings. The second kappa shape index (κ2) is 11.5. The van der Waals surface area contributed by atoms with Gasteiger partial charge in [0.2, 0.25) is 17.7 Å². The SMILES string of the molecule is CCC(C)NC(=O)CN1NC2N(Cc3ccccc3)C(=O)C3CCC(C(=O)NCC(C)C)CC3N2C1=O. The lowest BCUT2D eigenvalue weighted by Gasteiger charge is -2.49. The number of carbonyl (C=O) groups is 4. The van der Waals surface area contributed by atoms with E-state index in [9.17, 15) is 19.2 Å². The number of urea groups is 1. The maximum atomic E-state index is 13.8. The topological polar surface area (TPSA) is 114 Å². The van der Waals surface area contributed by atoms with Gasteiger partial charge in [-0.25, -0.2) is 9.80 Å². The van der Waals surface area contributed by atoms with Crippen LogP contribution < -0.4 is 16.1 Å². The van der Waals surface area contributed by atoms with Gasteiger partial charge in [0.15, 0.2) is 6.29 Å². The van der Waals surface area contributed by atoms with E-state index in [-0.39, 0.29) is 48.2 Å². The van der Waals surface area contributed by atoms with Crippen LogP contribution in [0, 0.1) is 17.8 Å². The Balaban J connectivity index is 1.57. The van der Waals surface area contributed by atoms with E-state index in [4.69, 9.17) is 0 Å². The lowest BCUT2D eigenvalue weighted by molar-refractivity contribution is -0.159. The lowest BCUT2D eigenvalue weighted by Crippen LogP contribution is -2.66. The van der Waals surface area contributed by atoms with Gasteiger partial charge in [0.05, 0.1) is 5.92 Å². The van der Waals surface area contributed by atoms with Gasteiger partial charge in [0.25, 0.3) is 0 Å². The second-order valence-electron chi connectivity index (χ2n) is 10.9. The van der Waals surface area contributed by atoms with Crippen LogP contribution in [0.4, 0.5) is 4.79 Å². The molecule has 0 aromatic heterocycles. The van der Waals surface area contributed by atoms with Gasteiger partial charge in [-0.1, -0.05) is 51.1 Å². The van der Waals surface area contributed by atoms with Crippen LogP contribution >= 0.6 is 0 Å². The third kappa shape index (κ3) is 5.89. The van der Waals surface area contributed by atoms with Crippen LogP contribution in [0.2, 0.25) is 0 Å². The molecular formula is C27H40N6O4. The number of rotatable bonds is 9. The van der Waals surface area contributed by atoms with Crippen LogP contribution in [-0.2, 0) is 20.9 Å². The molecule has 5 amide bonds. The number of carbonyl (C=O) groups excluding carboxylic acids is 4. The van der Waals surface area contributed by atoms with E-state index in [1.165, 1.54) is 5.01 Å². The summed E-state index contributed by atoms with van der Waals surface area (Å²) in [6, 6.07) is 8.92. The zero-order valence-electron chi connectivity index (χ0n) is 22.3. The first-order valence-corrected chi connectivity index (χ1v) is 13.5. The van der Waals surface area contributed by atoms with E-state index < -0.39 is 12.3 Å². The number of hydrazine groups is 1. The van der Waals surface area contributed by atoms with Crippen molar-refractivity contribution in [2.45, 2.75) is 78.3 Å². The van der Waals surface area contributed by atoms with Crippen molar-refractivity contribution in [3.8, 4) is 0 Å². The van der Waals surface area contributed by atoms with Gasteiger partial charge in [-0.15, -0.1) is 0 Å². The van der Waals surface area contributed by atoms with Gasteiger partial charge in [-0.3, -0.25) is 19.3 Å². The molecule has 3 N–H and O–H groups in total. The minimum atomic E-state index is -0.713. The average Bonchev–Trinajstić information content (AvgIpc) is 3.20. The molecule has 5 unspecified atom stereocenters. The van der Waals surface area contributed by atoms with Crippen molar-refractivity contribution in [3.63, 3.8) is 0 Å². The predicted octanol–water partition coefficient (Wildman–Crippen LogP) is 2.03. The molecule has 10 heteroatoms. The quantitative estimate of drug-likeness (QED) is 0.469. The highest BCUT2D eigenvalue weighted by Gasteiger charge is 2.56. The normalized spacial score (nSPS) is 26.1. The molecule has 1 aromatic carbocycles. The summed E-state index contributed by atoms with van der Waals surface area (Å²) in [7, 11) is 0. The second-order valence-corrected chi connectivity index (χ2v) is 10.9. The Morgan fingerprint density at radius 3 is 2.51 bits per heavy atom. The van der Waals surface area contributed by atoms with Gasteiger partial charge in [-0.2, -0.15) is 5.43 Å². The third-order valence-electron chi connectivity index (χ3n) is 7.63. The standard InChI is InChI=1S/C27H40N6O4/c1-5-18(4)29-23(34)16-32-27(37)33-22-13-20(24(35)28-14-17(2)3)11-12-21(22)25(36)31(26(33)30-32)15-19-9-7-6-8-10-19/h6-10,17-18,20-22,26,30H,5,11-16H2,1-4H3,(H,28,35)(H,29,34). The molecule has 1 aliphatic carbocycles. The summed E-state index contributed by atoms with van der Waals surface area (Å²) in [4.78, 5) is 56.3. The van der Waals surface area contributed by atoms with Crippen molar-refractivity contribution < 1.29 is 19.2 Å². The van der Waals surface area contributed by atoms with Gasteiger partial charge in [-0.05, 0) is 44.1 Å². The summed E-state index contributed by atoms with van der Waals surface area (Å²) in [5, 5.41) is 7.21. The molecule has 0 spiro atoms. The first kappa shape index (κ1) is 26.9. The summed E-state index contributed by atoms with van der Waals surface area (Å²) < 4.78 is 0.